The molecule has 1 fully saturated rings. The van der Waals surface area contributed by atoms with Crippen molar-refractivity contribution in [1.82, 2.24) is 25.4 Å². The molecule has 1 aliphatic heterocycles. The van der Waals surface area contributed by atoms with Crippen molar-refractivity contribution < 1.29 is 14.0 Å². The molecule has 5 rings (SSSR count). The highest BCUT2D eigenvalue weighted by Crippen LogP contribution is 2.28. The Bertz CT molecular complexity index is 1170. The van der Waals surface area contributed by atoms with Crippen molar-refractivity contribution in [3.63, 3.8) is 0 Å². The topological polar surface area (TPSA) is 107 Å². The number of carbonyl (C=O) groups is 2. The predicted octanol–water partition coefficient (Wildman–Crippen LogP) is 3.43. The maximum absolute atomic E-state index is 12.9. The molecule has 4 aromatic rings. The van der Waals surface area contributed by atoms with Crippen LogP contribution in [0.15, 0.2) is 59.2 Å². The molecule has 0 atom stereocenters. The molecule has 0 aliphatic carbocycles. The van der Waals surface area contributed by atoms with Gasteiger partial charge < -0.3 is 19.6 Å². The zero-order valence-corrected chi connectivity index (χ0v) is 16.9. The minimum Gasteiger partial charge on any atom is -0.467 e. The lowest BCUT2D eigenvalue weighted by molar-refractivity contribution is 0.0707. The van der Waals surface area contributed by atoms with Crippen LogP contribution in [0.5, 0.6) is 0 Å². The maximum atomic E-state index is 12.9. The van der Waals surface area contributed by atoms with Gasteiger partial charge in [0.05, 0.1) is 12.8 Å². The van der Waals surface area contributed by atoms with Gasteiger partial charge in [0.15, 0.2) is 0 Å². The molecular weight excluding hydrogens is 394 g/mol. The zero-order valence-electron chi connectivity index (χ0n) is 16.9. The van der Waals surface area contributed by atoms with E-state index in [1.54, 1.807) is 24.5 Å². The molecule has 4 heterocycles. The van der Waals surface area contributed by atoms with Crippen LogP contribution < -0.4 is 5.32 Å². The number of H-pyrrole nitrogens is 2. The molecule has 1 aliphatic rings. The first-order valence-corrected chi connectivity index (χ1v) is 10.4. The number of amides is 2. The van der Waals surface area contributed by atoms with E-state index in [2.05, 4.69) is 20.5 Å². The van der Waals surface area contributed by atoms with Gasteiger partial charge in [0, 0.05) is 35.6 Å². The third-order valence-electron chi connectivity index (χ3n) is 5.82. The van der Waals surface area contributed by atoms with Crippen molar-refractivity contribution in [1.29, 1.82) is 0 Å². The van der Waals surface area contributed by atoms with E-state index in [1.165, 1.54) is 0 Å². The van der Waals surface area contributed by atoms with E-state index in [9.17, 15) is 9.59 Å². The van der Waals surface area contributed by atoms with E-state index in [-0.39, 0.29) is 17.7 Å². The average Bonchev–Trinajstić information content (AvgIpc) is 3.57. The minimum absolute atomic E-state index is 0.0252. The summed E-state index contributed by atoms with van der Waals surface area (Å²) in [6, 6.07) is 15.2. The second-order valence-corrected chi connectivity index (χ2v) is 7.81. The van der Waals surface area contributed by atoms with Crippen LogP contribution in [-0.4, -0.2) is 45.0 Å². The Morgan fingerprint density at radius 1 is 1.13 bits per heavy atom. The van der Waals surface area contributed by atoms with Crippen LogP contribution in [0.25, 0.3) is 10.9 Å². The number of nitrogens with one attached hydrogen (secondary N) is 3. The first-order valence-electron chi connectivity index (χ1n) is 10.4. The number of carbonyl (C=O) groups excluding carboxylic acids is 2. The second kappa shape index (κ2) is 8.14. The Morgan fingerprint density at radius 2 is 1.97 bits per heavy atom. The summed E-state index contributed by atoms with van der Waals surface area (Å²) in [4.78, 5) is 30.3. The Hall–Kier alpha value is -3.81. The maximum Gasteiger partial charge on any atom is 0.272 e. The summed E-state index contributed by atoms with van der Waals surface area (Å²) in [6.07, 6.45) is 3.21. The number of furan rings is 1. The van der Waals surface area contributed by atoms with Gasteiger partial charge in [-0.1, -0.05) is 18.2 Å². The minimum atomic E-state index is -0.245. The standard InChI is InChI=1S/C23H23N5O3/c29-22(24-14-17-5-3-11-31-17)20-13-19(26-27-20)15-7-9-28(10-8-15)23(30)21-12-16-4-1-2-6-18(16)25-21/h1-6,11-13,15,25H,7-10,14H2,(H,24,29)(H,26,27). The molecule has 1 aromatic carbocycles. The molecule has 0 radical (unpaired) electrons. The zero-order chi connectivity index (χ0) is 21.2. The molecule has 1 saturated heterocycles. The molecule has 0 bridgehead atoms. The number of piperidine rings is 1. The number of rotatable bonds is 5. The number of para-hydroxylation sites is 1. The molecule has 3 N–H and O–H groups in total. The molecule has 0 unspecified atom stereocenters. The van der Waals surface area contributed by atoms with Crippen LogP contribution in [0.1, 0.15) is 51.2 Å². The number of hydrogen-bond acceptors (Lipinski definition) is 4. The van der Waals surface area contributed by atoms with E-state index < -0.39 is 0 Å². The quantitative estimate of drug-likeness (QED) is 0.462. The Labute approximate surface area is 178 Å². The van der Waals surface area contributed by atoms with Gasteiger partial charge in [0.2, 0.25) is 0 Å². The van der Waals surface area contributed by atoms with Crippen molar-refractivity contribution in [2.75, 3.05) is 13.1 Å². The predicted molar refractivity (Wildman–Crippen MR) is 115 cm³/mol. The molecule has 0 spiro atoms. The highest BCUT2D eigenvalue weighted by atomic mass is 16.3. The summed E-state index contributed by atoms with van der Waals surface area (Å²) in [7, 11) is 0. The van der Waals surface area contributed by atoms with Gasteiger partial charge in [0.1, 0.15) is 17.1 Å². The highest BCUT2D eigenvalue weighted by Gasteiger charge is 2.27. The first kappa shape index (κ1) is 19.2. The smallest absolute Gasteiger partial charge is 0.272 e. The van der Waals surface area contributed by atoms with E-state index in [0.717, 1.165) is 29.4 Å². The molecule has 0 saturated carbocycles. The number of benzene rings is 1. The molecule has 8 nitrogen and oxygen atoms in total. The second-order valence-electron chi connectivity index (χ2n) is 7.81. The largest absolute Gasteiger partial charge is 0.467 e. The third-order valence-corrected chi connectivity index (χ3v) is 5.82. The highest BCUT2D eigenvalue weighted by molar-refractivity contribution is 5.98. The van der Waals surface area contributed by atoms with E-state index in [4.69, 9.17) is 4.42 Å². The van der Waals surface area contributed by atoms with Gasteiger partial charge in [-0.3, -0.25) is 14.7 Å². The number of nitrogens with zero attached hydrogens (tertiary/aromatic N) is 2. The molecule has 8 heteroatoms. The van der Waals surface area contributed by atoms with Crippen molar-refractivity contribution in [3.05, 3.63) is 77.6 Å². The first-order chi connectivity index (χ1) is 15.2. The fourth-order valence-corrected chi connectivity index (χ4v) is 4.09. The Morgan fingerprint density at radius 3 is 2.74 bits per heavy atom. The summed E-state index contributed by atoms with van der Waals surface area (Å²) < 4.78 is 5.22. The number of aromatic amines is 2. The number of fused-ring (bicyclic) bond motifs is 1. The van der Waals surface area contributed by atoms with Crippen molar-refractivity contribution in [3.8, 4) is 0 Å². The van der Waals surface area contributed by atoms with Crippen LogP contribution >= 0.6 is 0 Å². The number of aromatic nitrogens is 3. The van der Waals surface area contributed by atoms with Gasteiger partial charge in [-0.15, -0.1) is 0 Å². The van der Waals surface area contributed by atoms with Gasteiger partial charge in [-0.2, -0.15) is 5.10 Å². The monoisotopic (exact) mass is 417 g/mol. The van der Waals surface area contributed by atoms with Crippen molar-refractivity contribution in [2.24, 2.45) is 0 Å². The fraction of sp³-hybridized carbons (Fsp3) is 0.261. The molecular formula is C23H23N5O3. The third kappa shape index (κ3) is 3.96. The van der Waals surface area contributed by atoms with Crippen LogP contribution in [-0.2, 0) is 6.54 Å². The fourth-order valence-electron chi connectivity index (χ4n) is 4.09. The Balaban J connectivity index is 1.18. The SMILES string of the molecule is O=C(NCc1ccco1)c1cc(C2CCN(C(=O)c3cc4ccccc4[nH]3)CC2)[nH]n1. The van der Waals surface area contributed by atoms with Crippen LogP contribution in [0, 0.1) is 0 Å². The average molecular weight is 417 g/mol. The van der Waals surface area contributed by atoms with Gasteiger partial charge in [-0.05, 0) is 43.2 Å². The molecule has 3 aromatic heterocycles. The lowest BCUT2D eigenvalue weighted by Crippen LogP contribution is -2.38. The Kier molecular flexibility index (Phi) is 5.03. The lowest BCUT2D eigenvalue weighted by atomic mass is 9.93. The van der Waals surface area contributed by atoms with Crippen molar-refractivity contribution >= 4 is 22.7 Å². The summed E-state index contributed by atoms with van der Waals surface area (Å²) in [5.74, 6) is 0.713. The lowest BCUT2D eigenvalue weighted by Gasteiger charge is -2.31. The molecule has 158 valence electrons. The summed E-state index contributed by atoms with van der Waals surface area (Å²) in [5, 5.41) is 11.0. The number of likely N-dealkylation sites (tertiary alicyclic amines) is 1. The van der Waals surface area contributed by atoms with Gasteiger partial charge >= 0.3 is 0 Å². The van der Waals surface area contributed by atoms with Crippen LogP contribution in [0.4, 0.5) is 0 Å². The molecule has 2 amide bonds. The summed E-state index contributed by atoms with van der Waals surface area (Å²) in [5.41, 5.74) is 2.88. The van der Waals surface area contributed by atoms with Crippen LogP contribution in [0.3, 0.4) is 0 Å². The van der Waals surface area contributed by atoms with E-state index in [0.29, 0.717) is 36.8 Å². The normalized spacial score (nSPS) is 14.8. The number of hydrogen-bond donors (Lipinski definition) is 3. The van der Waals surface area contributed by atoms with Gasteiger partial charge in [-0.25, -0.2) is 0 Å². The van der Waals surface area contributed by atoms with Gasteiger partial charge in [0.25, 0.3) is 11.8 Å². The van der Waals surface area contributed by atoms with Crippen LogP contribution in [0.2, 0.25) is 0 Å². The molecule has 31 heavy (non-hydrogen) atoms. The van der Waals surface area contributed by atoms with E-state index in [1.807, 2.05) is 35.2 Å². The van der Waals surface area contributed by atoms with E-state index >= 15 is 0 Å². The summed E-state index contributed by atoms with van der Waals surface area (Å²) >= 11 is 0. The summed E-state index contributed by atoms with van der Waals surface area (Å²) in [6.45, 7) is 1.65. The van der Waals surface area contributed by atoms with Crippen molar-refractivity contribution in [2.45, 2.75) is 25.3 Å².